The Morgan fingerprint density at radius 1 is 1.06 bits per heavy atom. The Labute approximate surface area is 195 Å². The molecular formula is C23H28N6O5. The van der Waals surface area contributed by atoms with Crippen LogP contribution in [0.15, 0.2) is 33.9 Å². The van der Waals surface area contributed by atoms with Crippen LogP contribution >= 0.6 is 0 Å². The minimum atomic E-state index is -0.368. The van der Waals surface area contributed by atoms with Crippen molar-refractivity contribution in [1.29, 1.82) is 0 Å². The smallest absolute Gasteiger partial charge is 0.338 e. The molecule has 0 aliphatic carbocycles. The van der Waals surface area contributed by atoms with Crippen LogP contribution in [0.1, 0.15) is 17.3 Å². The van der Waals surface area contributed by atoms with Crippen molar-refractivity contribution in [3.63, 3.8) is 0 Å². The summed E-state index contributed by atoms with van der Waals surface area (Å²) < 4.78 is 15.1. The van der Waals surface area contributed by atoms with Crippen molar-refractivity contribution in [2.75, 3.05) is 50.9 Å². The third kappa shape index (κ3) is 3.80. The number of aryl methyl sites for hydroxylation is 1. The highest BCUT2D eigenvalue weighted by molar-refractivity contribution is 5.90. The molecule has 0 N–H and O–H groups in total. The molecule has 1 aromatic carbocycles. The number of esters is 1. The quantitative estimate of drug-likeness (QED) is 0.484. The number of morpholine rings is 1. The zero-order chi connectivity index (χ0) is 23.8. The summed E-state index contributed by atoms with van der Waals surface area (Å²) in [6.45, 7) is 7.15. The number of anilines is 2. The van der Waals surface area contributed by atoms with Crippen LogP contribution in [0.4, 0.5) is 11.6 Å². The Kier molecular flexibility index (Phi) is 5.96. The summed E-state index contributed by atoms with van der Waals surface area (Å²) in [5.41, 5.74) is 1.45. The van der Waals surface area contributed by atoms with Crippen LogP contribution in [0.5, 0.6) is 0 Å². The first-order valence-corrected chi connectivity index (χ1v) is 11.5. The number of nitrogens with zero attached hydrogens (tertiary/aromatic N) is 6. The van der Waals surface area contributed by atoms with Gasteiger partial charge in [0.15, 0.2) is 11.2 Å². The number of hydrogen-bond donors (Lipinski definition) is 0. The van der Waals surface area contributed by atoms with Gasteiger partial charge in [-0.25, -0.2) is 9.59 Å². The number of carbonyl (C=O) groups is 1. The molecule has 2 aromatic heterocycles. The van der Waals surface area contributed by atoms with Crippen molar-refractivity contribution in [2.45, 2.75) is 20.0 Å². The van der Waals surface area contributed by atoms with Crippen LogP contribution < -0.4 is 16.1 Å². The van der Waals surface area contributed by atoms with Crippen molar-refractivity contribution in [3.8, 4) is 0 Å². The highest BCUT2D eigenvalue weighted by Gasteiger charge is 2.29. The van der Waals surface area contributed by atoms with E-state index in [4.69, 9.17) is 9.47 Å². The van der Waals surface area contributed by atoms with Crippen molar-refractivity contribution in [3.05, 3.63) is 50.7 Å². The van der Waals surface area contributed by atoms with Crippen LogP contribution in [0, 0.1) is 0 Å². The summed E-state index contributed by atoms with van der Waals surface area (Å²) >= 11 is 0. The van der Waals surface area contributed by atoms with Gasteiger partial charge in [-0.05, 0) is 31.2 Å². The minimum Gasteiger partial charge on any atom is -0.462 e. The molecule has 0 spiro atoms. The third-order valence-corrected chi connectivity index (χ3v) is 6.43. The van der Waals surface area contributed by atoms with E-state index >= 15 is 0 Å². The highest BCUT2D eigenvalue weighted by Crippen LogP contribution is 2.31. The second-order valence-corrected chi connectivity index (χ2v) is 8.41. The lowest BCUT2D eigenvalue weighted by Gasteiger charge is -2.26. The Hall–Kier alpha value is -3.44. The van der Waals surface area contributed by atoms with Crippen molar-refractivity contribution in [2.24, 2.45) is 7.05 Å². The fourth-order valence-corrected chi connectivity index (χ4v) is 4.58. The van der Waals surface area contributed by atoms with Gasteiger partial charge in [-0.1, -0.05) is 0 Å². The number of ether oxygens (including phenoxy) is 2. The number of hydrogen-bond acceptors (Lipinski definition) is 8. The Morgan fingerprint density at radius 2 is 1.79 bits per heavy atom. The van der Waals surface area contributed by atoms with Gasteiger partial charge in [0, 0.05) is 52.0 Å². The molecule has 0 atom stereocenters. The van der Waals surface area contributed by atoms with E-state index in [1.807, 2.05) is 21.6 Å². The Morgan fingerprint density at radius 3 is 2.50 bits per heavy atom. The maximum atomic E-state index is 13.4. The standard InChI is InChI=1S/C23H28N6O5/c1-3-34-21(31)16-4-6-17(7-5-16)27-10-11-28-18-19(24-22(27)28)25(2)23(32)29(20(18)30)9-8-26-12-14-33-15-13-26/h4-7H,3,8-15H2,1-2H3. The first-order valence-electron chi connectivity index (χ1n) is 11.5. The highest BCUT2D eigenvalue weighted by atomic mass is 16.5. The molecule has 4 heterocycles. The predicted octanol–water partition coefficient (Wildman–Crippen LogP) is 0.557. The van der Waals surface area contributed by atoms with E-state index in [9.17, 15) is 14.4 Å². The monoisotopic (exact) mass is 468 g/mol. The molecule has 11 heteroatoms. The van der Waals surface area contributed by atoms with Crippen LogP contribution in [0.25, 0.3) is 11.2 Å². The second-order valence-electron chi connectivity index (χ2n) is 8.41. The Balaban J connectivity index is 1.48. The van der Waals surface area contributed by atoms with Gasteiger partial charge < -0.3 is 18.9 Å². The molecule has 34 heavy (non-hydrogen) atoms. The van der Waals surface area contributed by atoms with Gasteiger partial charge in [0.1, 0.15) is 0 Å². The molecule has 180 valence electrons. The van der Waals surface area contributed by atoms with Gasteiger partial charge in [0.05, 0.1) is 25.4 Å². The topological polar surface area (TPSA) is 104 Å². The van der Waals surface area contributed by atoms with Gasteiger partial charge in [-0.15, -0.1) is 0 Å². The van der Waals surface area contributed by atoms with E-state index < -0.39 is 0 Å². The molecular weight excluding hydrogens is 440 g/mol. The van der Waals surface area contributed by atoms with E-state index in [-0.39, 0.29) is 17.2 Å². The number of benzene rings is 1. The predicted molar refractivity (Wildman–Crippen MR) is 126 cm³/mol. The lowest BCUT2D eigenvalue weighted by Crippen LogP contribution is -2.44. The minimum absolute atomic E-state index is 0.315. The zero-order valence-corrected chi connectivity index (χ0v) is 19.4. The normalized spacial score (nSPS) is 16.2. The average molecular weight is 469 g/mol. The van der Waals surface area contributed by atoms with Gasteiger partial charge >= 0.3 is 11.7 Å². The van der Waals surface area contributed by atoms with Crippen LogP contribution in [-0.2, 0) is 29.6 Å². The van der Waals surface area contributed by atoms with Crippen molar-refractivity contribution in [1.82, 2.24) is 23.6 Å². The third-order valence-electron chi connectivity index (χ3n) is 6.43. The summed E-state index contributed by atoms with van der Waals surface area (Å²) in [6.07, 6.45) is 0. The first kappa shape index (κ1) is 22.4. The maximum absolute atomic E-state index is 13.4. The number of aromatic nitrogens is 4. The fourth-order valence-electron chi connectivity index (χ4n) is 4.58. The fraction of sp³-hybridized carbons (Fsp3) is 0.478. The van der Waals surface area contributed by atoms with E-state index in [0.717, 1.165) is 18.8 Å². The SMILES string of the molecule is CCOC(=O)c1ccc(N2CCn3c2nc2c3c(=O)n(CCN3CCOCC3)c(=O)n2C)cc1. The lowest BCUT2D eigenvalue weighted by molar-refractivity contribution is 0.0361. The number of rotatable bonds is 6. The van der Waals surface area contributed by atoms with Crippen molar-refractivity contribution < 1.29 is 14.3 Å². The molecule has 0 radical (unpaired) electrons. The average Bonchev–Trinajstić information content (AvgIpc) is 3.43. The van der Waals surface area contributed by atoms with E-state index in [1.165, 1.54) is 9.13 Å². The van der Waals surface area contributed by atoms with E-state index in [1.54, 1.807) is 26.1 Å². The van der Waals surface area contributed by atoms with Gasteiger partial charge in [0.25, 0.3) is 5.56 Å². The molecule has 5 rings (SSSR count). The van der Waals surface area contributed by atoms with Crippen LogP contribution in [0.2, 0.25) is 0 Å². The number of carbonyl (C=O) groups excluding carboxylic acids is 1. The molecule has 0 amide bonds. The largest absolute Gasteiger partial charge is 0.462 e. The van der Waals surface area contributed by atoms with Gasteiger partial charge in [0.2, 0.25) is 5.95 Å². The molecule has 0 bridgehead atoms. The molecule has 2 aliphatic rings. The van der Waals surface area contributed by atoms with Gasteiger partial charge in [-0.2, -0.15) is 4.98 Å². The number of imidazole rings is 1. The van der Waals surface area contributed by atoms with Crippen LogP contribution in [-0.4, -0.2) is 75.6 Å². The molecule has 0 unspecified atom stereocenters. The first-order chi connectivity index (χ1) is 16.5. The molecule has 1 fully saturated rings. The summed E-state index contributed by atoms with van der Waals surface area (Å²) in [5, 5.41) is 0. The van der Waals surface area contributed by atoms with Crippen LogP contribution in [0.3, 0.4) is 0 Å². The summed E-state index contributed by atoms with van der Waals surface area (Å²) in [7, 11) is 1.65. The van der Waals surface area contributed by atoms with Gasteiger partial charge in [-0.3, -0.25) is 18.8 Å². The maximum Gasteiger partial charge on any atom is 0.338 e. The second kappa shape index (κ2) is 9.07. The zero-order valence-electron chi connectivity index (χ0n) is 19.4. The van der Waals surface area contributed by atoms with E-state index in [0.29, 0.717) is 68.7 Å². The molecule has 1 saturated heterocycles. The summed E-state index contributed by atoms with van der Waals surface area (Å²) in [4.78, 5) is 47.2. The molecule has 0 saturated carbocycles. The molecule has 2 aliphatic heterocycles. The Bertz CT molecular complexity index is 1330. The van der Waals surface area contributed by atoms with E-state index in [2.05, 4.69) is 9.88 Å². The molecule has 11 nitrogen and oxygen atoms in total. The lowest BCUT2D eigenvalue weighted by atomic mass is 10.2. The summed E-state index contributed by atoms with van der Waals surface area (Å²) in [5.74, 6) is 0.243. The molecule has 3 aromatic rings. The van der Waals surface area contributed by atoms with Crippen molar-refractivity contribution >= 4 is 28.8 Å². The summed E-state index contributed by atoms with van der Waals surface area (Å²) in [6, 6.07) is 7.10. The number of fused-ring (bicyclic) bond motifs is 3.